The minimum absolute atomic E-state index is 0.541. The summed E-state index contributed by atoms with van der Waals surface area (Å²) in [6, 6.07) is 6.96. The number of benzene rings is 1. The van der Waals surface area contributed by atoms with Gasteiger partial charge in [-0.25, -0.2) is 0 Å². The third-order valence-electron chi connectivity index (χ3n) is 2.78. The van der Waals surface area contributed by atoms with E-state index in [1.165, 1.54) is 10.8 Å². The van der Waals surface area contributed by atoms with Crippen LogP contribution in [0.5, 0.6) is 0 Å². The number of nitrogens with one attached hydrogen (secondary N) is 1. The van der Waals surface area contributed by atoms with Gasteiger partial charge in [0.15, 0.2) is 0 Å². The van der Waals surface area contributed by atoms with Crippen LogP contribution in [0.25, 0.3) is 10.9 Å². The van der Waals surface area contributed by atoms with Crippen LogP contribution in [0.15, 0.2) is 30.5 Å². The van der Waals surface area contributed by atoms with Crippen molar-refractivity contribution in [3.8, 4) is 0 Å². The molecular formula is C13H15F3N2O. The first-order chi connectivity index (χ1) is 9.01. The summed E-state index contributed by atoms with van der Waals surface area (Å²) in [5.74, 6) is 0. The molecule has 0 saturated carbocycles. The van der Waals surface area contributed by atoms with Crippen LogP contribution in [0.1, 0.15) is 0 Å². The maximum Gasteiger partial charge on any atom is 0.406 e. The van der Waals surface area contributed by atoms with E-state index in [1.54, 1.807) is 25.3 Å². The SMILES string of the molecule is COCCNc1cccc2c1ccn2CC(F)(F)F. The van der Waals surface area contributed by atoms with Gasteiger partial charge in [-0.05, 0) is 18.2 Å². The topological polar surface area (TPSA) is 26.2 Å². The van der Waals surface area contributed by atoms with Gasteiger partial charge in [0.05, 0.1) is 12.1 Å². The Labute approximate surface area is 109 Å². The normalized spacial score (nSPS) is 12.0. The van der Waals surface area contributed by atoms with Gasteiger partial charge in [0.2, 0.25) is 0 Å². The molecule has 104 valence electrons. The zero-order valence-corrected chi connectivity index (χ0v) is 10.5. The molecule has 1 aromatic carbocycles. The lowest BCUT2D eigenvalue weighted by atomic mass is 10.2. The lowest BCUT2D eigenvalue weighted by molar-refractivity contribution is -0.139. The molecule has 0 fully saturated rings. The van der Waals surface area contributed by atoms with Gasteiger partial charge in [0, 0.05) is 30.9 Å². The molecule has 6 heteroatoms. The fraction of sp³-hybridized carbons (Fsp3) is 0.385. The van der Waals surface area contributed by atoms with E-state index in [2.05, 4.69) is 5.32 Å². The summed E-state index contributed by atoms with van der Waals surface area (Å²) in [5.41, 5.74) is 1.38. The molecule has 1 N–H and O–H groups in total. The van der Waals surface area contributed by atoms with Crippen molar-refractivity contribution in [1.29, 1.82) is 0 Å². The number of hydrogen-bond donors (Lipinski definition) is 1. The summed E-state index contributed by atoms with van der Waals surface area (Å²) >= 11 is 0. The number of nitrogens with zero attached hydrogens (tertiary/aromatic N) is 1. The molecule has 0 aliphatic carbocycles. The molecule has 0 aliphatic rings. The van der Waals surface area contributed by atoms with Crippen LogP contribution in [-0.2, 0) is 11.3 Å². The largest absolute Gasteiger partial charge is 0.406 e. The Hall–Kier alpha value is -1.69. The molecule has 1 aromatic heterocycles. The van der Waals surface area contributed by atoms with Crippen LogP contribution in [-0.4, -0.2) is 31.0 Å². The van der Waals surface area contributed by atoms with Crippen LogP contribution in [0.4, 0.5) is 18.9 Å². The highest BCUT2D eigenvalue weighted by atomic mass is 19.4. The van der Waals surface area contributed by atoms with E-state index in [0.29, 0.717) is 18.7 Å². The number of halogens is 3. The summed E-state index contributed by atoms with van der Waals surface area (Å²) in [7, 11) is 1.60. The highest BCUT2D eigenvalue weighted by Gasteiger charge is 2.28. The highest BCUT2D eigenvalue weighted by Crippen LogP contribution is 2.27. The Kier molecular flexibility index (Phi) is 3.99. The van der Waals surface area contributed by atoms with E-state index in [-0.39, 0.29) is 0 Å². The van der Waals surface area contributed by atoms with E-state index in [1.807, 2.05) is 6.07 Å². The number of rotatable bonds is 5. The molecule has 0 saturated heterocycles. The molecule has 0 radical (unpaired) electrons. The molecule has 0 aliphatic heterocycles. The van der Waals surface area contributed by atoms with Crippen molar-refractivity contribution >= 4 is 16.6 Å². The first kappa shape index (κ1) is 13.7. The number of anilines is 1. The Balaban J connectivity index is 2.26. The number of fused-ring (bicyclic) bond motifs is 1. The standard InChI is InChI=1S/C13H15F3N2O/c1-19-8-6-17-11-3-2-4-12-10(11)5-7-18(12)9-13(14,15)16/h2-5,7,17H,6,8-9H2,1H3. The van der Waals surface area contributed by atoms with E-state index in [0.717, 1.165) is 11.1 Å². The molecule has 2 rings (SSSR count). The first-order valence-electron chi connectivity index (χ1n) is 5.89. The van der Waals surface area contributed by atoms with Crippen molar-refractivity contribution in [3.63, 3.8) is 0 Å². The maximum absolute atomic E-state index is 12.4. The van der Waals surface area contributed by atoms with Crippen LogP contribution >= 0.6 is 0 Å². The summed E-state index contributed by atoms with van der Waals surface area (Å²) in [5, 5.41) is 3.93. The average molecular weight is 272 g/mol. The van der Waals surface area contributed by atoms with Crippen LogP contribution in [0, 0.1) is 0 Å². The lowest BCUT2D eigenvalue weighted by Gasteiger charge is -2.10. The van der Waals surface area contributed by atoms with Gasteiger partial charge in [-0.1, -0.05) is 6.07 Å². The smallest absolute Gasteiger partial charge is 0.383 e. The number of hydrogen-bond acceptors (Lipinski definition) is 2. The third-order valence-corrected chi connectivity index (χ3v) is 2.78. The molecule has 0 atom stereocenters. The van der Waals surface area contributed by atoms with Gasteiger partial charge in [-0.3, -0.25) is 0 Å². The summed E-state index contributed by atoms with van der Waals surface area (Å²) in [6.45, 7) is 0.178. The van der Waals surface area contributed by atoms with Gasteiger partial charge < -0.3 is 14.6 Å². The van der Waals surface area contributed by atoms with E-state index in [9.17, 15) is 13.2 Å². The zero-order valence-electron chi connectivity index (χ0n) is 10.5. The molecule has 0 spiro atoms. The van der Waals surface area contributed by atoms with E-state index in [4.69, 9.17) is 4.74 Å². The second kappa shape index (κ2) is 5.52. The molecule has 1 heterocycles. The zero-order chi connectivity index (χ0) is 13.9. The molecular weight excluding hydrogens is 257 g/mol. The number of methoxy groups -OCH3 is 1. The van der Waals surface area contributed by atoms with Gasteiger partial charge in [0.1, 0.15) is 6.54 Å². The monoisotopic (exact) mass is 272 g/mol. The Bertz CT molecular complexity index is 548. The van der Waals surface area contributed by atoms with Crippen molar-refractivity contribution in [2.24, 2.45) is 0 Å². The summed E-state index contributed by atoms with van der Waals surface area (Å²) < 4.78 is 43.5. The van der Waals surface area contributed by atoms with Crippen molar-refractivity contribution in [3.05, 3.63) is 30.5 Å². The Morgan fingerprint density at radius 3 is 2.74 bits per heavy atom. The van der Waals surface area contributed by atoms with Crippen LogP contribution in [0.2, 0.25) is 0 Å². The van der Waals surface area contributed by atoms with Crippen LogP contribution < -0.4 is 5.32 Å². The Morgan fingerprint density at radius 2 is 2.05 bits per heavy atom. The predicted octanol–water partition coefficient (Wildman–Crippen LogP) is 3.26. The predicted molar refractivity (Wildman–Crippen MR) is 68.4 cm³/mol. The minimum Gasteiger partial charge on any atom is -0.383 e. The molecule has 2 aromatic rings. The second-order valence-corrected chi connectivity index (χ2v) is 4.22. The average Bonchev–Trinajstić information content (AvgIpc) is 2.72. The molecule has 19 heavy (non-hydrogen) atoms. The van der Waals surface area contributed by atoms with Gasteiger partial charge in [-0.15, -0.1) is 0 Å². The van der Waals surface area contributed by atoms with Crippen LogP contribution in [0.3, 0.4) is 0 Å². The fourth-order valence-corrected chi connectivity index (χ4v) is 2.00. The van der Waals surface area contributed by atoms with E-state index < -0.39 is 12.7 Å². The molecule has 3 nitrogen and oxygen atoms in total. The van der Waals surface area contributed by atoms with Gasteiger partial charge in [-0.2, -0.15) is 13.2 Å². The number of aromatic nitrogens is 1. The van der Waals surface area contributed by atoms with E-state index >= 15 is 0 Å². The quantitative estimate of drug-likeness (QED) is 0.845. The van der Waals surface area contributed by atoms with Gasteiger partial charge >= 0.3 is 6.18 Å². The van der Waals surface area contributed by atoms with Gasteiger partial charge in [0.25, 0.3) is 0 Å². The summed E-state index contributed by atoms with van der Waals surface area (Å²) in [4.78, 5) is 0. The van der Waals surface area contributed by atoms with Crippen molar-refractivity contribution in [2.45, 2.75) is 12.7 Å². The molecule has 0 amide bonds. The lowest BCUT2D eigenvalue weighted by Crippen LogP contribution is -2.16. The number of ether oxygens (including phenoxy) is 1. The Morgan fingerprint density at radius 1 is 1.26 bits per heavy atom. The van der Waals surface area contributed by atoms with Crippen molar-refractivity contribution in [1.82, 2.24) is 4.57 Å². The maximum atomic E-state index is 12.4. The second-order valence-electron chi connectivity index (χ2n) is 4.22. The highest BCUT2D eigenvalue weighted by molar-refractivity contribution is 5.92. The molecule has 0 unspecified atom stereocenters. The van der Waals surface area contributed by atoms with Crippen molar-refractivity contribution < 1.29 is 17.9 Å². The fourth-order valence-electron chi connectivity index (χ4n) is 2.00. The molecule has 0 bridgehead atoms. The minimum atomic E-state index is -4.22. The van der Waals surface area contributed by atoms with Crippen molar-refractivity contribution in [2.75, 3.05) is 25.6 Å². The summed E-state index contributed by atoms with van der Waals surface area (Å²) in [6.07, 6.45) is -2.76. The third kappa shape index (κ3) is 3.41. The first-order valence-corrected chi connectivity index (χ1v) is 5.89. The number of alkyl halides is 3.